The minimum atomic E-state index is -0.703. The Morgan fingerprint density at radius 2 is 2.00 bits per heavy atom. The van der Waals surface area contributed by atoms with Crippen LogP contribution in [-0.2, 0) is 19.1 Å². The lowest BCUT2D eigenvalue weighted by Crippen LogP contribution is -2.21. The first-order chi connectivity index (χ1) is 9.51. The van der Waals surface area contributed by atoms with Crippen molar-refractivity contribution in [2.75, 3.05) is 19.8 Å². The van der Waals surface area contributed by atoms with E-state index in [2.05, 4.69) is 4.99 Å². The first kappa shape index (κ1) is 15.7. The molecular formula is C13H18N2O5. The summed E-state index contributed by atoms with van der Waals surface area (Å²) < 4.78 is 9.55. The van der Waals surface area contributed by atoms with Gasteiger partial charge >= 0.3 is 11.9 Å². The molecule has 0 aromatic rings. The summed E-state index contributed by atoms with van der Waals surface area (Å²) >= 11 is 0. The van der Waals surface area contributed by atoms with Crippen LogP contribution < -0.4 is 5.73 Å². The zero-order valence-corrected chi connectivity index (χ0v) is 11.5. The van der Waals surface area contributed by atoms with Gasteiger partial charge in [0.25, 0.3) is 0 Å². The van der Waals surface area contributed by atoms with E-state index in [1.807, 2.05) is 0 Å². The zero-order valence-electron chi connectivity index (χ0n) is 11.5. The quantitative estimate of drug-likeness (QED) is 0.564. The highest BCUT2D eigenvalue weighted by Gasteiger charge is 2.23. The topological polar surface area (TPSA) is 111 Å². The minimum absolute atomic E-state index is 0.0739. The number of aliphatic imine (C=N–C) groups is 1. The van der Waals surface area contributed by atoms with Gasteiger partial charge in [-0.15, -0.1) is 0 Å². The summed E-state index contributed by atoms with van der Waals surface area (Å²) in [5, 5.41) is 9.98. The first-order valence-corrected chi connectivity index (χ1v) is 6.29. The molecule has 0 amide bonds. The number of nitrogens with zero attached hydrogens (tertiary/aromatic N) is 1. The Morgan fingerprint density at radius 3 is 2.60 bits per heavy atom. The van der Waals surface area contributed by atoms with Crippen LogP contribution in [0.5, 0.6) is 0 Å². The predicted octanol–water partition coefficient (Wildman–Crippen LogP) is 0.612. The van der Waals surface area contributed by atoms with Gasteiger partial charge in [0.15, 0.2) is 5.76 Å². The Bertz CT molecular complexity index is 491. The van der Waals surface area contributed by atoms with Crippen LogP contribution in [0.2, 0.25) is 0 Å². The Hall–Kier alpha value is -2.31. The molecule has 1 aliphatic rings. The van der Waals surface area contributed by atoms with Gasteiger partial charge in [-0.1, -0.05) is 0 Å². The highest BCUT2D eigenvalue weighted by Crippen LogP contribution is 2.17. The molecule has 0 aromatic carbocycles. The van der Waals surface area contributed by atoms with Crippen LogP contribution in [0, 0.1) is 0 Å². The van der Waals surface area contributed by atoms with Crippen molar-refractivity contribution < 1.29 is 24.2 Å². The van der Waals surface area contributed by atoms with Crippen molar-refractivity contribution in [3.8, 4) is 0 Å². The van der Waals surface area contributed by atoms with Gasteiger partial charge < -0.3 is 20.3 Å². The molecule has 7 heteroatoms. The molecule has 0 bridgehead atoms. The summed E-state index contributed by atoms with van der Waals surface area (Å²) in [6, 6.07) is 0. The van der Waals surface area contributed by atoms with Crippen LogP contribution in [0.3, 0.4) is 0 Å². The molecule has 1 rings (SSSR count). The second kappa shape index (κ2) is 7.32. The molecule has 0 atom stereocenters. The number of dihydropyridines is 1. The maximum atomic E-state index is 11.6. The van der Waals surface area contributed by atoms with E-state index in [-0.39, 0.29) is 42.4 Å². The number of ether oxygens (including phenoxy) is 2. The van der Waals surface area contributed by atoms with Crippen molar-refractivity contribution in [2.45, 2.75) is 20.3 Å². The van der Waals surface area contributed by atoms with E-state index in [4.69, 9.17) is 15.2 Å². The van der Waals surface area contributed by atoms with Gasteiger partial charge in [0.1, 0.15) is 11.4 Å². The molecular weight excluding hydrogens is 264 g/mol. The van der Waals surface area contributed by atoms with Gasteiger partial charge in [-0.05, 0) is 19.9 Å². The standard InChI is InChI=1S/C13H18N2O5/c1-3-19-12(17)8-5-6-15-10(11(8)16)7-9(14)13(18)20-4-2/h7,16H,3-6,14H2,1-2H3. The van der Waals surface area contributed by atoms with Crippen molar-refractivity contribution in [3.05, 3.63) is 23.1 Å². The van der Waals surface area contributed by atoms with E-state index >= 15 is 0 Å². The summed E-state index contributed by atoms with van der Waals surface area (Å²) in [7, 11) is 0. The molecule has 0 unspecified atom stereocenters. The van der Waals surface area contributed by atoms with Crippen molar-refractivity contribution in [3.63, 3.8) is 0 Å². The minimum Gasteiger partial charge on any atom is -0.505 e. The second-order valence-electron chi connectivity index (χ2n) is 3.88. The molecule has 0 fully saturated rings. The summed E-state index contributed by atoms with van der Waals surface area (Å²) in [6.07, 6.45) is 1.47. The van der Waals surface area contributed by atoms with Crippen molar-refractivity contribution in [1.82, 2.24) is 0 Å². The molecule has 0 aromatic heterocycles. The van der Waals surface area contributed by atoms with Crippen LogP contribution in [0.25, 0.3) is 0 Å². The third-order valence-electron chi connectivity index (χ3n) is 2.50. The van der Waals surface area contributed by atoms with E-state index in [0.717, 1.165) is 0 Å². The zero-order chi connectivity index (χ0) is 15.1. The maximum Gasteiger partial charge on any atom is 0.354 e. The van der Waals surface area contributed by atoms with E-state index in [1.165, 1.54) is 6.08 Å². The largest absolute Gasteiger partial charge is 0.505 e. The molecule has 7 nitrogen and oxygen atoms in total. The number of hydrogen-bond donors (Lipinski definition) is 2. The smallest absolute Gasteiger partial charge is 0.354 e. The highest BCUT2D eigenvalue weighted by atomic mass is 16.5. The van der Waals surface area contributed by atoms with Crippen LogP contribution in [-0.4, -0.2) is 42.5 Å². The molecule has 0 spiro atoms. The average Bonchev–Trinajstić information content (AvgIpc) is 2.41. The lowest BCUT2D eigenvalue weighted by Gasteiger charge is -2.14. The number of aliphatic hydroxyl groups is 1. The summed E-state index contributed by atoms with van der Waals surface area (Å²) in [5.41, 5.74) is 5.54. The number of esters is 2. The Balaban J connectivity index is 2.96. The summed E-state index contributed by atoms with van der Waals surface area (Å²) in [6.45, 7) is 4.03. The third-order valence-corrected chi connectivity index (χ3v) is 2.50. The average molecular weight is 282 g/mol. The Kier molecular flexibility index (Phi) is 5.76. The third kappa shape index (κ3) is 3.84. The maximum absolute atomic E-state index is 11.6. The molecule has 0 saturated carbocycles. The molecule has 1 aliphatic heterocycles. The number of hydrogen-bond acceptors (Lipinski definition) is 7. The molecule has 1 heterocycles. The van der Waals surface area contributed by atoms with Gasteiger partial charge in [-0.2, -0.15) is 0 Å². The lowest BCUT2D eigenvalue weighted by molar-refractivity contribution is -0.139. The molecule has 3 N–H and O–H groups in total. The van der Waals surface area contributed by atoms with Gasteiger partial charge in [-0.25, -0.2) is 9.59 Å². The monoisotopic (exact) mass is 282 g/mol. The van der Waals surface area contributed by atoms with Crippen LogP contribution in [0.1, 0.15) is 20.3 Å². The molecule has 0 radical (unpaired) electrons. The van der Waals surface area contributed by atoms with Gasteiger partial charge in [0, 0.05) is 13.0 Å². The first-order valence-electron chi connectivity index (χ1n) is 6.29. The molecule has 110 valence electrons. The number of aliphatic hydroxyl groups excluding tert-OH is 1. The SMILES string of the molecule is CCOC(=O)C(N)=CC1=NCCC(C(=O)OCC)=C1O. The van der Waals surface area contributed by atoms with Crippen molar-refractivity contribution in [1.29, 1.82) is 0 Å². The summed E-state index contributed by atoms with van der Waals surface area (Å²) in [5.74, 6) is -1.62. The fourth-order valence-corrected chi connectivity index (χ4v) is 1.59. The Morgan fingerprint density at radius 1 is 1.35 bits per heavy atom. The highest BCUT2D eigenvalue weighted by molar-refractivity contribution is 6.14. The second-order valence-corrected chi connectivity index (χ2v) is 3.88. The Labute approximate surface area is 116 Å². The molecule has 0 saturated heterocycles. The predicted molar refractivity (Wildman–Crippen MR) is 72.1 cm³/mol. The van der Waals surface area contributed by atoms with Crippen LogP contribution in [0.4, 0.5) is 0 Å². The number of carbonyl (C=O) groups is 2. The fraction of sp³-hybridized carbons (Fsp3) is 0.462. The number of carbonyl (C=O) groups excluding carboxylic acids is 2. The number of rotatable bonds is 5. The van der Waals surface area contributed by atoms with E-state index in [9.17, 15) is 14.7 Å². The molecule has 0 aliphatic carbocycles. The lowest BCUT2D eigenvalue weighted by atomic mass is 10.0. The summed E-state index contributed by atoms with van der Waals surface area (Å²) in [4.78, 5) is 27.0. The van der Waals surface area contributed by atoms with Gasteiger partial charge in [0.05, 0.1) is 18.8 Å². The van der Waals surface area contributed by atoms with Crippen molar-refractivity contribution in [2.24, 2.45) is 10.7 Å². The number of nitrogens with two attached hydrogens (primary N) is 1. The van der Waals surface area contributed by atoms with Crippen molar-refractivity contribution >= 4 is 17.7 Å². The van der Waals surface area contributed by atoms with Gasteiger partial charge in [0.2, 0.25) is 0 Å². The van der Waals surface area contributed by atoms with Crippen LogP contribution >= 0.6 is 0 Å². The van der Waals surface area contributed by atoms with E-state index < -0.39 is 11.9 Å². The normalized spacial score (nSPS) is 15.7. The van der Waals surface area contributed by atoms with E-state index in [1.54, 1.807) is 13.8 Å². The number of allylic oxidation sites excluding steroid dienone is 1. The van der Waals surface area contributed by atoms with Gasteiger partial charge in [-0.3, -0.25) is 4.99 Å². The van der Waals surface area contributed by atoms with Crippen LogP contribution in [0.15, 0.2) is 28.1 Å². The molecule has 20 heavy (non-hydrogen) atoms. The van der Waals surface area contributed by atoms with E-state index in [0.29, 0.717) is 6.54 Å². The fourth-order valence-electron chi connectivity index (χ4n) is 1.59.